The van der Waals surface area contributed by atoms with Gasteiger partial charge in [0, 0.05) is 26.2 Å². The van der Waals surface area contributed by atoms with Gasteiger partial charge in [-0.15, -0.1) is 0 Å². The normalized spacial score (nSPS) is 19.2. The summed E-state index contributed by atoms with van der Waals surface area (Å²) in [4.78, 5) is 7.00. The molecule has 1 unspecified atom stereocenters. The van der Waals surface area contributed by atoms with Crippen LogP contribution in [-0.2, 0) is 11.8 Å². The molecule has 3 rings (SSSR count). The lowest BCUT2D eigenvalue weighted by Gasteiger charge is -2.32. The summed E-state index contributed by atoms with van der Waals surface area (Å²) in [5.41, 5.74) is 3.64. The van der Waals surface area contributed by atoms with Crippen molar-refractivity contribution in [2.24, 2.45) is 7.05 Å². The van der Waals surface area contributed by atoms with E-state index in [4.69, 9.17) is 4.74 Å². The van der Waals surface area contributed by atoms with E-state index in [0.717, 1.165) is 31.8 Å². The van der Waals surface area contributed by atoms with Gasteiger partial charge in [-0.05, 0) is 18.6 Å². The number of morpholine rings is 1. The maximum Gasteiger partial charge on any atom is 0.0955 e. The highest BCUT2D eigenvalue weighted by Crippen LogP contribution is 2.27. The lowest BCUT2D eigenvalue weighted by molar-refractivity contribution is 0.0201. The summed E-state index contributed by atoms with van der Waals surface area (Å²) in [6.45, 7) is 5.94. The first kappa shape index (κ1) is 11.7. The van der Waals surface area contributed by atoms with Gasteiger partial charge in [-0.1, -0.05) is 12.1 Å². The molecule has 1 aromatic heterocycles. The zero-order valence-corrected chi connectivity index (χ0v) is 11.0. The van der Waals surface area contributed by atoms with Gasteiger partial charge >= 0.3 is 0 Å². The Morgan fingerprint density at radius 3 is 2.83 bits per heavy atom. The molecule has 1 aliphatic heterocycles. The van der Waals surface area contributed by atoms with Crippen LogP contribution in [0, 0.1) is 0 Å². The number of imidazole rings is 1. The second-order valence-electron chi connectivity index (χ2n) is 4.89. The fraction of sp³-hybridized carbons (Fsp3) is 0.500. The molecule has 1 fully saturated rings. The van der Waals surface area contributed by atoms with Crippen molar-refractivity contribution >= 4 is 11.0 Å². The van der Waals surface area contributed by atoms with Gasteiger partial charge in [0.2, 0.25) is 0 Å². The maximum atomic E-state index is 5.42. The molecule has 18 heavy (non-hydrogen) atoms. The van der Waals surface area contributed by atoms with E-state index in [1.165, 1.54) is 11.1 Å². The molecule has 2 aromatic rings. The first-order chi connectivity index (χ1) is 8.77. The molecule has 0 amide bonds. The fourth-order valence-electron chi connectivity index (χ4n) is 2.68. The molecule has 96 valence electrons. The smallest absolute Gasteiger partial charge is 0.0955 e. The molecule has 0 saturated carbocycles. The molecule has 1 aromatic carbocycles. The number of benzene rings is 1. The Hall–Kier alpha value is -1.39. The number of para-hydroxylation sites is 1. The molecule has 0 N–H and O–H groups in total. The van der Waals surface area contributed by atoms with E-state index in [0.29, 0.717) is 6.04 Å². The van der Waals surface area contributed by atoms with E-state index >= 15 is 0 Å². The van der Waals surface area contributed by atoms with E-state index in [1.54, 1.807) is 0 Å². The number of fused-ring (bicyclic) bond motifs is 1. The average molecular weight is 245 g/mol. The fourth-order valence-corrected chi connectivity index (χ4v) is 2.68. The SMILES string of the molecule is CC(c1cccc2c1ncn2C)N1CCOCC1. The van der Waals surface area contributed by atoms with Gasteiger partial charge in [-0.3, -0.25) is 4.90 Å². The Morgan fingerprint density at radius 2 is 2.06 bits per heavy atom. The minimum atomic E-state index is 0.396. The molecule has 4 nitrogen and oxygen atoms in total. The van der Waals surface area contributed by atoms with Gasteiger partial charge in [-0.2, -0.15) is 0 Å². The summed E-state index contributed by atoms with van der Waals surface area (Å²) >= 11 is 0. The topological polar surface area (TPSA) is 30.3 Å². The number of rotatable bonds is 2. The van der Waals surface area contributed by atoms with Crippen molar-refractivity contribution < 1.29 is 4.74 Å². The molecule has 1 atom stereocenters. The number of nitrogens with zero attached hydrogens (tertiary/aromatic N) is 3. The van der Waals surface area contributed by atoms with E-state index in [2.05, 4.69) is 39.6 Å². The third-order valence-corrected chi connectivity index (χ3v) is 3.83. The standard InChI is InChI=1S/C14H19N3O/c1-11(17-6-8-18-9-7-17)12-4-3-5-13-14(12)15-10-16(13)2/h3-5,10-11H,6-9H2,1-2H3. The van der Waals surface area contributed by atoms with Crippen molar-refractivity contribution in [1.29, 1.82) is 0 Å². The number of hydrogen-bond donors (Lipinski definition) is 0. The molecule has 0 radical (unpaired) electrons. The lowest BCUT2D eigenvalue weighted by atomic mass is 10.0. The van der Waals surface area contributed by atoms with Crippen LogP contribution in [0.3, 0.4) is 0 Å². The second-order valence-corrected chi connectivity index (χ2v) is 4.89. The Labute approximate surface area is 107 Å². The molecule has 1 saturated heterocycles. The number of aromatic nitrogens is 2. The van der Waals surface area contributed by atoms with Crippen LogP contribution in [0.1, 0.15) is 18.5 Å². The predicted molar refractivity (Wildman–Crippen MR) is 71.5 cm³/mol. The summed E-state index contributed by atoms with van der Waals surface area (Å²) in [5, 5.41) is 0. The van der Waals surface area contributed by atoms with Crippen molar-refractivity contribution in [2.45, 2.75) is 13.0 Å². The van der Waals surface area contributed by atoms with Crippen LogP contribution in [-0.4, -0.2) is 40.8 Å². The zero-order chi connectivity index (χ0) is 12.5. The highest BCUT2D eigenvalue weighted by atomic mass is 16.5. The Morgan fingerprint density at radius 1 is 1.28 bits per heavy atom. The monoisotopic (exact) mass is 245 g/mol. The van der Waals surface area contributed by atoms with Crippen molar-refractivity contribution in [3.05, 3.63) is 30.1 Å². The number of hydrogen-bond acceptors (Lipinski definition) is 3. The Balaban J connectivity index is 1.97. The van der Waals surface area contributed by atoms with Crippen LogP contribution in [0.25, 0.3) is 11.0 Å². The van der Waals surface area contributed by atoms with E-state index < -0.39 is 0 Å². The van der Waals surface area contributed by atoms with Gasteiger partial charge in [-0.25, -0.2) is 4.98 Å². The van der Waals surface area contributed by atoms with Gasteiger partial charge in [0.15, 0.2) is 0 Å². The van der Waals surface area contributed by atoms with Crippen LogP contribution >= 0.6 is 0 Å². The van der Waals surface area contributed by atoms with Crippen molar-refractivity contribution in [1.82, 2.24) is 14.5 Å². The third kappa shape index (κ3) is 1.91. The van der Waals surface area contributed by atoms with Crippen LogP contribution in [0.5, 0.6) is 0 Å². The van der Waals surface area contributed by atoms with Crippen molar-refractivity contribution in [2.75, 3.05) is 26.3 Å². The largest absolute Gasteiger partial charge is 0.379 e. The van der Waals surface area contributed by atoms with E-state index in [-0.39, 0.29) is 0 Å². The molecule has 0 aliphatic carbocycles. The quantitative estimate of drug-likeness (QED) is 0.810. The van der Waals surface area contributed by atoms with Gasteiger partial charge in [0.05, 0.1) is 30.6 Å². The van der Waals surface area contributed by atoms with Crippen LogP contribution < -0.4 is 0 Å². The van der Waals surface area contributed by atoms with E-state index in [9.17, 15) is 0 Å². The molecule has 0 spiro atoms. The van der Waals surface area contributed by atoms with Crippen molar-refractivity contribution in [3.63, 3.8) is 0 Å². The molecular formula is C14H19N3O. The molecule has 2 heterocycles. The summed E-state index contributed by atoms with van der Waals surface area (Å²) in [6.07, 6.45) is 1.89. The van der Waals surface area contributed by atoms with Gasteiger partial charge in [0.1, 0.15) is 0 Å². The van der Waals surface area contributed by atoms with Gasteiger partial charge < -0.3 is 9.30 Å². The summed E-state index contributed by atoms with van der Waals surface area (Å²) in [7, 11) is 2.04. The van der Waals surface area contributed by atoms with Crippen molar-refractivity contribution in [3.8, 4) is 0 Å². The first-order valence-electron chi connectivity index (χ1n) is 6.49. The third-order valence-electron chi connectivity index (χ3n) is 3.83. The summed E-state index contributed by atoms with van der Waals surface area (Å²) < 4.78 is 7.49. The molecule has 1 aliphatic rings. The van der Waals surface area contributed by atoms with Crippen LogP contribution in [0.4, 0.5) is 0 Å². The highest BCUT2D eigenvalue weighted by molar-refractivity contribution is 5.79. The maximum absolute atomic E-state index is 5.42. The minimum absolute atomic E-state index is 0.396. The molecular weight excluding hydrogens is 226 g/mol. The molecule has 0 bridgehead atoms. The van der Waals surface area contributed by atoms with Gasteiger partial charge in [0.25, 0.3) is 0 Å². The first-order valence-corrected chi connectivity index (χ1v) is 6.49. The zero-order valence-electron chi connectivity index (χ0n) is 11.0. The number of aryl methyl sites for hydroxylation is 1. The second kappa shape index (κ2) is 4.71. The number of ether oxygens (including phenoxy) is 1. The van der Waals surface area contributed by atoms with Crippen LogP contribution in [0.15, 0.2) is 24.5 Å². The minimum Gasteiger partial charge on any atom is -0.379 e. The Kier molecular flexibility index (Phi) is 3.06. The summed E-state index contributed by atoms with van der Waals surface area (Å²) in [6, 6.07) is 6.83. The average Bonchev–Trinajstić information content (AvgIpc) is 2.81. The molecule has 4 heteroatoms. The lowest BCUT2D eigenvalue weighted by Crippen LogP contribution is -2.38. The predicted octanol–water partition coefficient (Wildman–Crippen LogP) is 1.97. The van der Waals surface area contributed by atoms with Crippen LogP contribution in [0.2, 0.25) is 0 Å². The van der Waals surface area contributed by atoms with E-state index in [1.807, 2.05) is 13.4 Å². The highest BCUT2D eigenvalue weighted by Gasteiger charge is 2.20. The summed E-state index contributed by atoms with van der Waals surface area (Å²) in [5.74, 6) is 0. The Bertz CT molecular complexity index is 543.